The van der Waals surface area contributed by atoms with Gasteiger partial charge in [0, 0.05) is 24.9 Å². The SMILES string of the molecule is O=C(NCc1cc(C(=O)NCCC(O)C(=O)O)no1)OCC1c2ccccc2-c2ccccc21. The number of fused-ring (bicyclic) bond motifs is 3. The topological polar surface area (TPSA) is 151 Å². The first-order chi connectivity index (χ1) is 16.4. The number of hydrogen-bond acceptors (Lipinski definition) is 7. The Labute approximate surface area is 194 Å². The molecule has 0 spiro atoms. The molecule has 176 valence electrons. The van der Waals surface area contributed by atoms with E-state index in [1.807, 2.05) is 36.4 Å². The van der Waals surface area contributed by atoms with Gasteiger partial charge in [-0.2, -0.15) is 0 Å². The molecule has 1 aliphatic rings. The molecule has 1 aromatic heterocycles. The second-order valence-electron chi connectivity index (χ2n) is 7.76. The summed E-state index contributed by atoms with van der Waals surface area (Å²) in [4.78, 5) is 34.8. The third kappa shape index (κ3) is 5.07. The molecule has 1 heterocycles. The fourth-order valence-corrected chi connectivity index (χ4v) is 3.85. The highest BCUT2D eigenvalue weighted by Crippen LogP contribution is 2.44. The van der Waals surface area contributed by atoms with Gasteiger partial charge < -0.3 is 30.1 Å². The number of alkyl carbamates (subject to hydrolysis) is 1. The molecule has 0 aliphatic heterocycles. The molecule has 4 rings (SSSR count). The fourth-order valence-electron chi connectivity index (χ4n) is 3.85. The molecule has 0 bridgehead atoms. The standard InChI is InChI=1S/C24H23N3O7/c28-21(23(30)31)9-10-25-22(29)20-11-14(34-27-20)12-26-24(32)33-13-19-17-7-3-1-5-15(17)16-6-2-4-8-18(16)19/h1-8,11,19,21,28H,9-10,12-13H2,(H,25,29)(H,26,32)(H,30,31). The van der Waals surface area contributed by atoms with Crippen molar-refractivity contribution in [1.29, 1.82) is 0 Å². The van der Waals surface area contributed by atoms with Crippen molar-refractivity contribution in [2.45, 2.75) is 25.0 Å². The van der Waals surface area contributed by atoms with Crippen LogP contribution in [0.2, 0.25) is 0 Å². The van der Waals surface area contributed by atoms with E-state index in [0.717, 1.165) is 22.3 Å². The zero-order valence-corrected chi connectivity index (χ0v) is 18.1. The lowest BCUT2D eigenvalue weighted by Crippen LogP contribution is -2.30. The molecule has 10 nitrogen and oxygen atoms in total. The van der Waals surface area contributed by atoms with Crippen molar-refractivity contribution >= 4 is 18.0 Å². The monoisotopic (exact) mass is 465 g/mol. The van der Waals surface area contributed by atoms with Crippen molar-refractivity contribution in [2.24, 2.45) is 0 Å². The Morgan fingerprint density at radius 1 is 1.03 bits per heavy atom. The summed E-state index contributed by atoms with van der Waals surface area (Å²) in [5, 5.41) is 26.5. The molecule has 1 aliphatic carbocycles. The van der Waals surface area contributed by atoms with E-state index < -0.39 is 24.1 Å². The maximum Gasteiger partial charge on any atom is 0.407 e. The Balaban J connectivity index is 1.26. The molecule has 0 saturated carbocycles. The average Bonchev–Trinajstić information content (AvgIpc) is 3.44. The van der Waals surface area contributed by atoms with Gasteiger partial charge in [0.05, 0.1) is 6.54 Å². The van der Waals surface area contributed by atoms with E-state index >= 15 is 0 Å². The van der Waals surface area contributed by atoms with E-state index in [4.69, 9.17) is 14.4 Å². The number of benzene rings is 2. The number of carboxylic acid groups (broad SMARTS) is 1. The third-order valence-electron chi connectivity index (χ3n) is 5.53. The highest BCUT2D eigenvalue weighted by Gasteiger charge is 2.29. The number of aliphatic hydroxyl groups is 1. The van der Waals surface area contributed by atoms with Crippen LogP contribution in [0.1, 0.15) is 39.7 Å². The van der Waals surface area contributed by atoms with Crippen molar-refractivity contribution in [1.82, 2.24) is 15.8 Å². The predicted octanol–water partition coefficient (Wildman–Crippen LogP) is 2.28. The molecule has 2 aromatic carbocycles. The Bertz CT molecular complexity index is 1160. The number of nitrogens with zero attached hydrogens (tertiary/aromatic N) is 1. The molecule has 3 aromatic rings. The van der Waals surface area contributed by atoms with Crippen LogP contribution < -0.4 is 10.6 Å². The zero-order chi connectivity index (χ0) is 24.1. The van der Waals surface area contributed by atoms with Crippen molar-refractivity contribution in [3.05, 3.63) is 77.2 Å². The number of aromatic nitrogens is 1. The van der Waals surface area contributed by atoms with Gasteiger partial charge in [-0.15, -0.1) is 0 Å². The number of aliphatic hydroxyl groups excluding tert-OH is 1. The lowest BCUT2D eigenvalue weighted by molar-refractivity contribution is -0.146. The minimum absolute atomic E-state index is 0.0331. The number of amides is 2. The first kappa shape index (κ1) is 23.0. The molecular formula is C24H23N3O7. The molecule has 0 saturated heterocycles. The van der Waals surface area contributed by atoms with E-state index in [1.165, 1.54) is 6.07 Å². The second-order valence-corrected chi connectivity index (χ2v) is 7.76. The summed E-state index contributed by atoms with van der Waals surface area (Å²) < 4.78 is 10.5. The molecule has 4 N–H and O–H groups in total. The van der Waals surface area contributed by atoms with Gasteiger partial charge in [-0.1, -0.05) is 53.7 Å². The summed E-state index contributed by atoms with van der Waals surface area (Å²) in [5.41, 5.74) is 4.46. The van der Waals surface area contributed by atoms with Gasteiger partial charge in [0.15, 0.2) is 17.6 Å². The molecular weight excluding hydrogens is 442 g/mol. The normalized spacial score (nSPS) is 13.0. The van der Waals surface area contributed by atoms with E-state index in [1.54, 1.807) is 0 Å². The van der Waals surface area contributed by atoms with E-state index in [0.29, 0.717) is 0 Å². The minimum atomic E-state index is -1.56. The molecule has 1 unspecified atom stereocenters. The van der Waals surface area contributed by atoms with Crippen LogP contribution in [0.25, 0.3) is 11.1 Å². The highest BCUT2D eigenvalue weighted by molar-refractivity contribution is 5.92. The van der Waals surface area contributed by atoms with Crippen LogP contribution in [0.15, 0.2) is 59.1 Å². The molecule has 10 heteroatoms. The predicted molar refractivity (Wildman–Crippen MR) is 119 cm³/mol. The van der Waals surface area contributed by atoms with Gasteiger partial charge in [-0.25, -0.2) is 9.59 Å². The fraction of sp³-hybridized carbons (Fsp3) is 0.250. The van der Waals surface area contributed by atoms with E-state index in [-0.39, 0.29) is 43.5 Å². The van der Waals surface area contributed by atoms with Gasteiger partial charge in [0.2, 0.25) is 0 Å². The second kappa shape index (κ2) is 10.2. The minimum Gasteiger partial charge on any atom is -0.479 e. The Hall–Kier alpha value is -4.18. The number of carbonyl (C=O) groups excluding carboxylic acids is 2. The van der Waals surface area contributed by atoms with Crippen molar-refractivity contribution in [3.63, 3.8) is 0 Å². The summed E-state index contributed by atoms with van der Waals surface area (Å²) >= 11 is 0. The van der Waals surface area contributed by atoms with Crippen LogP contribution >= 0.6 is 0 Å². The average molecular weight is 465 g/mol. The largest absolute Gasteiger partial charge is 0.479 e. The van der Waals surface area contributed by atoms with Crippen LogP contribution in [0.4, 0.5) is 4.79 Å². The van der Waals surface area contributed by atoms with Gasteiger partial charge >= 0.3 is 12.1 Å². The van der Waals surface area contributed by atoms with Gasteiger partial charge in [0.1, 0.15) is 6.61 Å². The van der Waals surface area contributed by atoms with Gasteiger partial charge in [0.25, 0.3) is 5.91 Å². The quantitative estimate of drug-likeness (QED) is 0.376. The van der Waals surface area contributed by atoms with Crippen LogP contribution in [-0.4, -0.2) is 52.6 Å². The molecule has 0 fully saturated rings. The number of nitrogens with one attached hydrogen (secondary N) is 2. The Morgan fingerprint density at radius 3 is 2.32 bits per heavy atom. The maximum absolute atomic E-state index is 12.3. The molecule has 0 radical (unpaired) electrons. The Kier molecular flexibility index (Phi) is 6.88. The van der Waals surface area contributed by atoms with E-state index in [2.05, 4.69) is 27.9 Å². The van der Waals surface area contributed by atoms with Gasteiger partial charge in [-0.05, 0) is 22.3 Å². The summed E-state index contributed by atoms with van der Waals surface area (Å²) in [7, 11) is 0. The van der Waals surface area contributed by atoms with Crippen LogP contribution in [0.3, 0.4) is 0 Å². The van der Waals surface area contributed by atoms with Crippen LogP contribution in [0, 0.1) is 0 Å². The number of hydrogen-bond donors (Lipinski definition) is 4. The summed E-state index contributed by atoms with van der Waals surface area (Å²) in [6.45, 7) is 0.0906. The maximum atomic E-state index is 12.3. The number of carbonyl (C=O) groups is 3. The van der Waals surface area contributed by atoms with Crippen molar-refractivity contribution in [3.8, 4) is 11.1 Å². The summed E-state index contributed by atoms with van der Waals surface area (Å²) in [6, 6.07) is 17.4. The molecule has 1 atom stereocenters. The first-order valence-electron chi connectivity index (χ1n) is 10.7. The number of ether oxygens (including phenoxy) is 1. The Morgan fingerprint density at radius 2 is 1.68 bits per heavy atom. The summed E-state index contributed by atoms with van der Waals surface area (Å²) in [5.74, 6) is -1.77. The van der Waals surface area contributed by atoms with Crippen LogP contribution in [0.5, 0.6) is 0 Å². The van der Waals surface area contributed by atoms with Crippen LogP contribution in [-0.2, 0) is 16.1 Å². The zero-order valence-electron chi connectivity index (χ0n) is 18.1. The molecule has 2 amide bonds. The van der Waals surface area contributed by atoms with Crippen molar-refractivity contribution < 1.29 is 33.9 Å². The summed E-state index contributed by atoms with van der Waals surface area (Å²) in [6.07, 6.45) is -2.34. The number of rotatable bonds is 9. The van der Waals surface area contributed by atoms with E-state index in [9.17, 15) is 19.5 Å². The lowest BCUT2D eigenvalue weighted by atomic mass is 9.98. The third-order valence-corrected chi connectivity index (χ3v) is 5.53. The van der Waals surface area contributed by atoms with Crippen molar-refractivity contribution in [2.75, 3.05) is 13.2 Å². The molecule has 34 heavy (non-hydrogen) atoms. The number of carboxylic acids is 1. The first-order valence-corrected chi connectivity index (χ1v) is 10.7. The van der Waals surface area contributed by atoms with Gasteiger partial charge in [-0.3, -0.25) is 4.79 Å². The number of aliphatic carboxylic acids is 1. The smallest absolute Gasteiger partial charge is 0.407 e. The lowest BCUT2D eigenvalue weighted by Gasteiger charge is -2.14. The highest BCUT2D eigenvalue weighted by atomic mass is 16.5.